The number of nitrogens with one attached hydrogen (secondary N) is 3. The van der Waals surface area contributed by atoms with Crippen LogP contribution in [-0.4, -0.2) is 69.7 Å². The number of aromatic amines is 1. The Labute approximate surface area is 242 Å². The van der Waals surface area contributed by atoms with Crippen LogP contribution in [0.2, 0.25) is 0 Å². The monoisotopic (exact) mass is 567 g/mol. The summed E-state index contributed by atoms with van der Waals surface area (Å²) < 4.78 is 7.75. The Balaban J connectivity index is 1.24. The normalized spacial score (nSPS) is 22.7. The number of hydrogen-bond acceptors (Lipinski definition) is 10. The smallest absolute Gasteiger partial charge is 0.227 e. The minimum Gasteiger partial charge on any atom is -0.387 e. The summed E-state index contributed by atoms with van der Waals surface area (Å²) in [5.41, 5.74) is 3.40. The van der Waals surface area contributed by atoms with Crippen LogP contribution in [0.25, 0.3) is 11.2 Å². The minimum atomic E-state index is -1.24. The predicted molar refractivity (Wildman–Crippen MR) is 156 cm³/mol. The molecule has 0 bridgehead atoms. The Morgan fingerprint density at radius 1 is 0.929 bits per heavy atom. The van der Waals surface area contributed by atoms with E-state index in [1.807, 2.05) is 36.4 Å². The van der Waals surface area contributed by atoms with Crippen LogP contribution in [0.1, 0.15) is 60.9 Å². The summed E-state index contributed by atoms with van der Waals surface area (Å²) in [5, 5.41) is 35.4. The Morgan fingerprint density at radius 2 is 1.64 bits per heavy atom. The summed E-state index contributed by atoms with van der Waals surface area (Å²) >= 11 is 0. The fourth-order valence-electron chi connectivity index (χ4n) is 6.01. The maximum absolute atomic E-state index is 11.0. The van der Waals surface area contributed by atoms with Crippen molar-refractivity contribution in [2.45, 2.75) is 62.2 Å². The number of aromatic nitrogens is 7. The maximum Gasteiger partial charge on any atom is 0.227 e. The number of imidazole rings is 1. The van der Waals surface area contributed by atoms with Crippen molar-refractivity contribution in [1.29, 1.82) is 0 Å². The van der Waals surface area contributed by atoms with Gasteiger partial charge in [0, 0.05) is 18.5 Å². The number of hydrogen-bond donors (Lipinski definition) is 5. The third-order valence-electron chi connectivity index (χ3n) is 8.20. The molecular formula is C30H33N9O3. The number of aliphatic hydroxyl groups is 2. The van der Waals surface area contributed by atoms with Gasteiger partial charge in [0.25, 0.3) is 0 Å². The zero-order valence-electron chi connectivity index (χ0n) is 22.9. The van der Waals surface area contributed by atoms with E-state index in [1.54, 1.807) is 10.9 Å². The summed E-state index contributed by atoms with van der Waals surface area (Å²) in [4.78, 5) is 18.4. The molecule has 12 heteroatoms. The molecule has 42 heavy (non-hydrogen) atoms. The van der Waals surface area contributed by atoms with Crippen molar-refractivity contribution in [3.05, 3.63) is 90.3 Å². The van der Waals surface area contributed by atoms with Gasteiger partial charge < -0.3 is 25.6 Å². The molecule has 4 heterocycles. The lowest BCUT2D eigenvalue weighted by atomic mass is 9.91. The Bertz CT molecular complexity index is 1570. The molecule has 2 aliphatic rings. The second kappa shape index (κ2) is 11.5. The average molecular weight is 568 g/mol. The molecule has 5 aromatic rings. The molecule has 7 rings (SSSR count). The average Bonchev–Trinajstić information content (AvgIpc) is 3.84. The van der Waals surface area contributed by atoms with Crippen molar-refractivity contribution >= 4 is 22.9 Å². The van der Waals surface area contributed by atoms with Crippen molar-refractivity contribution in [3.8, 4) is 0 Å². The van der Waals surface area contributed by atoms with Crippen LogP contribution < -0.4 is 10.6 Å². The highest BCUT2D eigenvalue weighted by Crippen LogP contribution is 2.39. The third-order valence-corrected chi connectivity index (χ3v) is 8.20. The van der Waals surface area contributed by atoms with Gasteiger partial charge in [0.1, 0.15) is 24.6 Å². The van der Waals surface area contributed by atoms with Crippen molar-refractivity contribution in [1.82, 2.24) is 34.7 Å². The van der Waals surface area contributed by atoms with Gasteiger partial charge in [-0.05, 0) is 24.0 Å². The standard InChI is InChI=1S/C30H33N9O3/c40-23-24(41)29(42-25(23)27-32-16-34-38-27)39-17-33-22-26(36-30(37-28(22)39)35-20-13-7-8-14-20)31-15-21(18-9-3-1-4-10-18)19-11-5-2-6-12-19/h1-6,9-12,16-17,20-21,23-25,29,40-41H,7-8,13-15H2,(H,32,34,38)(H2,31,35,36,37)/t23-,24+,25?,29+/m0/s1. The van der Waals surface area contributed by atoms with Gasteiger partial charge in [-0.25, -0.2) is 9.97 Å². The highest BCUT2D eigenvalue weighted by Gasteiger charge is 2.46. The zero-order chi connectivity index (χ0) is 28.5. The molecule has 1 aliphatic heterocycles. The fraction of sp³-hybridized carbons (Fsp3) is 0.367. The third kappa shape index (κ3) is 5.08. The molecule has 1 aliphatic carbocycles. The van der Waals surface area contributed by atoms with Crippen molar-refractivity contribution in [2.75, 3.05) is 17.2 Å². The molecule has 1 saturated carbocycles. The highest BCUT2D eigenvalue weighted by atomic mass is 16.6. The number of anilines is 2. The van der Waals surface area contributed by atoms with E-state index >= 15 is 0 Å². The van der Waals surface area contributed by atoms with Crippen LogP contribution in [0.4, 0.5) is 11.8 Å². The first kappa shape index (κ1) is 26.5. The second-order valence-corrected chi connectivity index (χ2v) is 10.9. The summed E-state index contributed by atoms with van der Waals surface area (Å²) in [6.07, 6.45) is 3.09. The maximum atomic E-state index is 11.0. The second-order valence-electron chi connectivity index (χ2n) is 10.9. The number of H-pyrrole nitrogens is 1. The van der Waals surface area contributed by atoms with Crippen molar-refractivity contribution in [3.63, 3.8) is 0 Å². The number of aliphatic hydroxyl groups excluding tert-OH is 2. The van der Waals surface area contributed by atoms with Gasteiger partial charge in [-0.3, -0.25) is 9.67 Å². The molecule has 2 fully saturated rings. The largest absolute Gasteiger partial charge is 0.387 e. The van der Waals surface area contributed by atoms with E-state index in [0.29, 0.717) is 41.3 Å². The van der Waals surface area contributed by atoms with E-state index in [1.165, 1.54) is 30.3 Å². The molecule has 1 unspecified atom stereocenters. The first-order chi connectivity index (χ1) is 20.7. The lowest BCUT2D eigenvalue weighted by Gasteiger charge is -2.20. The molecule has 0 spiro atoms. The molecule has 12 nitrogen and oxygen atoms in total. The highest BCUT2D eigenvalue weighted by molar-refractivity contribution is 5.84. The number of nitrogens with zero attached hydrogens (tertiary/aromatic N) is 6. The summed E-state index contributed by atoms with van der Waals surface area (Å²) in [6, 6.07) is 21.0. The van der Waals surface area contributed by atoms with E-state index in [0.717, 1.165) is 12.8 Å². The van der Waals surface area contributed by atoms with Gasteiger partial charge in [0.15, 0.2) is 29.0 Å². The van der Waals surface area contributed by atoms with Gasteiger partial charge in [-0.1, -0.05) is 73.5 Å². The number of fused-ring (bicyclic) bond motifs is 1. The number of ether oxygens (including phenoxy) is 1. The molecule has 2 aromatic carbocycles. The van der Waals surface area contributed by atoms with Crippen LogP contribution in [0.5, 0.6) is 0 Å². The molecule has 4 atom stereocenters. The van der Waals surface area contributed by atoms with E-state index in [4.69, 9.17) is 14.7 Å². The molecule has 1 saturated heterocycles. The predicted octanol–water partition coefficient (Wildman–Crippen LogP) is 3.53. The molecule has 216 valence electrons. The van der Waals surface area contributed by atoms with Crippen LogP contribution in [0, 0.1) is 0 Å². The van der Waals surface area contributed by atoms with Crippen molar-refractivity contribution < 1.29 is 14.9 Å². The van der Waals surface area contributed by atoms with Gasteiger partial charge in [-0.15, -0.1) is 0 Å². The molecule has 5 N–H and O–H groups in total. The van der Waals surface area contributed by atoms with Crippen molar-refractivity contribution in [2.24, 2.45) is 0 Å². The molecule has 0 amide bonds. The van der Waals surface area contributed by atoms with Crippen LogP contribution in [0.15, 0.2) is 73.3 Å². The minimum absolute atomic E-state index is 0.0727. The van der Waals surface area contributed by atoms with Gasteiger partial charge in [-0.2, -0.15) is 15.1 Å². The zero-order valence-corrected chi connectivity index (χ0v) is 22.9. The lowest BCUT2D eigenvalue weighted by Crippen LogP contribution is -2.29. The number of benzene rings is 2. The Morgan fingerprint density at radius 3 is 2.31 bits per heavy atom. The van der Waals surface area contributed by atoms with E-state index in [2.05, 4.69) is 55.1 Å². The van der Waals surface area contributed by atoms with Crippen LogP contribution >= 0.6 is 0 Å². The summed E-state index contributed by atoms with van der Waals surface area (Å²) in [6.45, 7) is 0.574. The molecule has 3 aromatic heterocycles. The topological polar surface area (TPSA) is 159 Å². The Hall–Kier alpha value is -4.39. The van der Waals surface area contributed by atoms with Gasteiger partial charge in [0.05, 0.1) is 6.33 Å². The van der Waals surface area contributed by atoms with Crippen LogP contribution in [-0.2, 0) is 4.74 Å². The summed E-state index contributed by atoms with van der Waals surface area (Å²) in [5.74, 6) is 1.47. The number of rotatable bonds is 9. The fourth-order valence-corrected chi connectivity index (χ4v) is 6.01. The van der Waals surface area contributed by atoms with Gasteiger partial charge >= 0.3 is 0 Å². The molecular weight excluding hydrogens is 534 g/mol. The molecule has 0 radical (unpaired) electrons. The van der Waals surface area contributed by atoms with Crippen LogP contribution in [0.3, 0.4) is 0 Å². The summed E-state index contributed by atoms with van der Waals surface area (Å²) in [7, 11) is 0. The van der Waals surface area contributed by atoms with E-state index in [9.17, 15) is 10.2 Å². The lowest BCUT2D eigenvalue weighted by molar-refractivity contribution is -0.0382. The van der Waals surface area contributed by atoms with Gasteiger partial charge in [0.2, 0.25) is 5.95 Å². The quantitative estimate of drug-likeness (QED) is 0.178. The van der Waals surface area contributed by atoms with E-state index < -0.39 is 24.5 Å². The first-order valence-electron chi connectivity index (χ1n) is 14.4. The first-order valence-corrected chi connectivity index (χ1v) is 14.4. The Kier molecular flexibility index (Phi) is 7.24. The van der Waals surface area contributed by atoms with E-state index in [-0.39, 0.29) is 5.92 Å². The SMILES string of the molecule is O[C@@H]1[C@H](O)C(c2ncn[nH]2)O[C@H]1n1cnc2c(NCC(c3ccccc3)c3ccccc3)nc(NC3CCCC3)nc21.